The van der Waals surface area contributed by atoms with Gasteiger partial charge in [-0.05, 0) is 56.3 Å². The van der Waals surface area contributed by atoms with Crippen LogP contribution in [-0.4, -0.2) is 34.7 Å². The summed E-state index contributed by atoms with van der Waals surface area (Å²) in [7, 11) is 0. The van der Waals surface area contributed by atoms with Gasteiger partial charge in [0.05, 0.1) is 6.61 Å². The van der Waals surface area contributed by atoms with Crippen molar-refractivity contribution in [3.8, 4) is 0 Å². The summed E-state index contributed by atoms with van der Waals surface area (Å²) in [6, 6.07) is -1.17. The van der Waals surface area contributed by atoms with Gasteiger partial charge in [-0.25, -0.2) is 4.79 Å². The molecule has 0 saturated heterocycles. The predicted molar refractivity (Wildman–Crippen MR) is 67.3 cm³/mol. The largest absolute Gasteiger partial charge is 0.480 e. The maximum absolute atomic E-state index is 12.5. The Morgan fingerprint density at radius 3 is 1.95 bits per heavy atom. The van der Waals surface area contributed by atoms with E-state index in [1.807, 2.05) is 0 Å². The smallest absolute Gasteiger partial charge is 0.328 e. The second-order valence-corrected chi connectivity index (χ2v) is 6.74. The standard InChI is InChI=1S/C14H21NO4/c16-7-11(12(17)18)15-13(19)14-4-8-1-9(5-14)3-10(2-8)6-14/h8-11,16H,1-7H2,(H,15,19)(H,17,18). The number of carbonyl (C=O) groups excluding carboxylic acids is 1. The number of aliphatic hydroxyl groups is 1. The maximum atomic E-state index is 12.5. The van der Waals surface area contributed by atoms with Crippen molar-refractivity contribution in [1.29, 1.82) is 0 Å². The number of aliphatic hydroxyl groups excluding tert-OH is 1. The third-order valence-corrected chi connectivity index (χ3v) is 5.31. The molecule has 106 valence electrons. The highest BCUT2D eigenvalue weighted by Gasteiger charge is 2.54. The van der Waals surface area contributed by atoms with Gasteiger partial charge in [-0.3, -0.25) is 4.79 Å². The van der Waals surface area contributed by atoms with Crippen LogP contribution in [0.5, 0.6) is 0 Å². The summed E-state index contributed by atoms with van der Waals surface area (Å²) in [4.78, 5) is 23.4. The first-order valence-electron chi connectivity index (χ1n) is 7.17. The highest BCUT2D eigenvalue weighted by Crippen LogP contribution is 2.60. The molecule has 5 heteroatoms. The van der Waals surface area contributed by atoms with Crippen molar-refractivity contribution in [3.05, 3.63) is 0 Å². The fraction of sp³-hybridized carbons (Fsp3) is 0.857. The molecule has 4 aliphatic rings. The van der Waals surface area contributed by atoms with Crippen molar-refractivity contribution in [2.24, 2.45) is 23.2 Å². The molecule has 0 aromatic heterocycles. The van der Waals surface area contributed by atoms with Gasteiger partial charge in [-0.1, -0.05) is 0 Å². The van der Waals surface area contributed by atoms with Crippen LogP contribution in [0.15, 0.2) is 0 Å². The second kappa shape index (κ2) is 4.47. The third kappa shape index (κ3) is 2.14. The van der Waals surface area contributed by atoms with E-state index in [1.54, 1.807) is 0 Å². The Bertz CT molecular complexity index is 371. The minimum Gasteiger partial charge on any atom is -0.480 e. The number of amides is 1. The lowest BCUT2D eigenvalue weighted by Crippen LogP contribution is -2.56. The molecule has 19 heavy (non-hydrogen) atoms. The summed E-state index contributed by atoms with van der Waals surface area (Å²) in [6.45, 7) is -0.548. The van der Waals surface area contributed by atoms with Crippen LogP contribution in [0.3, 0.4) is 0 Å². The first-order valence-corrected chi connectivity index (χ1v) is 7.17. The molecule has 4 saturated carbocycles. The van der Waals surface area contributed by atoms with E-state index in [4.69, 9.17) is 10.2 Å². The van der Waals surface area contributed by atoms with Gasteiger partial charge < -0.3 is 15.5 Å². The Kier molecular flexibility index (Phi) is 3.04. The monoisotopic (exact) mass is 267 g/mol. The molecule has 1 amide bonds. The number of carbonyl (C=O) groups is 2. The molecule has 1 unspecified atom stereocenters. The molecule has 0 aliphatic heterocycles. The Labute approximate surface area is 112 Å². The average molecular weight is 267 g/mol. The van der Waals surface area contributed by atoms with Gasteiger partial charge >= 0.3 is 5.97 Å². The minimum absolute atomic E-state index is 0.145. The van der Waals surface area contributed by atoms with E-state index in [9.17, 15) is 9.59 Å². The van der Waals surface area contributed by atoms with Crippen molar-refractivity contribution in [1.82, 2.24) is 5.32 Å². The van der Waals surface area contributed by atoms with Gasteiger partial charge in [0.25, 0.3) is 0 Å². The number of nitrogens with one attached hydrogen (secondary N) is 1. The average Bonchev–Trinajstić information content (AvgIpc) is 2.33. The lowest BCUT2D eigenvalue weighted by molar-refractivity contribution is -0.152. The van der Waals surface area contributed by atoms with Crippen molar-refractivity contribution in [2.75, 3.05) is 6.61 Å². The lowest BCUT2D eigenvalue weighted by Gasteiger charge is -2.55. The molecular weight excluding hydrogens is 246 g/mol. The number of carboxylic acids is 1. The number of rotatable bonds is 4. The Balaban J connectivity index is 1.74. The minimum atomic E-state index is -1.17. The van der Waals surface area contributed by atoms with E-state index in [2.05, 4.69) is 5.32 Å². The van der Waals surface area contributed by atoms with Crippen LogP contribution in [0.2, 0.25) is 0 Å². The molecule has 0 heterocycles. The van der Waals surface area contributed by atoms with E-state index < -0.39 is 18.6 Å². The molecular formula is C14H21NO4. The quantitative estimate of drug-likeness (QED) is 0.702. The van der Waals surface area contributed by atoms with Gasteiger partial charge in [0.1, 0.15) is 6.04 Å². The Morgan fingerprint density at radius 1 is 1.11 bits per heavy atom. The van der Waals surface area contributed by atoms with E-state index >= 15 is 0 Å². The fourth-order valence-corrected chi connectivity index (χ4v) is 4.89. The van der Waals surface area contributed by atoms with Crippen LogP contribution in [0.25, 0.3) is 0 Å². The normalized spacial score (nSPS) is 41.0. The topological polar surface area (TPSA) is 86.6 Å². The fourth-order valence-electron chi connectivity index (χ4n) is 4.89. The molecule has 4 fully saturated rings. The van der Waals surface area contributed by atoms with E-state index in [1.165, 1.54) is 19.3 Å². The van der Waals surface area contributed by atoms with Gasteiger partial charge in [0.15, 0.2) is 0 Å². The van der Waals surface area contributed by atoms with Gasteiger partial charge in [0.2, 0.25) is 5.91 Å². The highest BCUT2D eigenvalue weighted by molar-refractivity contribution is 5.87. The van der Waals surface area contributed by atoms with Crippen LogP contribution < -0.4 is 5.32 Å². The van der Waals surface area contributed by atoms with Crippen LogP contribution in [-0.2, 0) is 9.59 Å². The molecule has 3 N–H and O–H groups in total. The maximum Gasteiger partial charge on any atom is 0.328 e. The molecule has 5 nitrogen and oxygen atoms in total. The zero-order valence-electron chi connectivity index (χ0n) is 11.0. The first-order chi connectivity index (χ1) is 9.02. The summed E-state index contributed by atoms with van der Waals surface area (Å²) in [6.07, 6.45) is 6.45. The second-order valence-electron chi connectivity index (χ2n) is 6.74. The van der Waals surface area contributed by atoms with Crippen molar-refractivity contribution in [2.45, 2.75) is 44.6 Å². The summed E-state index contributed by atoms with van der Waals surface area (Å²) in [5, 5.41) is 20.5. The summed E-state index contributed by atoms with van der Waals surface area (Å²) >= 11 is 0. The Hall–Kier alpha value is -1.10. The Morgan fingerprint density at radius 2 is 1.58 bits per heavy atom. The highest BCUT2D eigenvalue weighted by atomic mass is 16.4. The molecule has 1 atom stereocenters. The van der Waals surface area contributed by atoms with Crippen LogP contribution in [0, 0.1) is 23.2 Å². The van der Waals surface area contributed by atoms with E-state index in [0.717, 1.165) is 19.3 Å². The zero-order chi connectivity index (χ0) is 13.6. The van der Waals surface area contributed by atoms with E-state index in [0.29, 0.717) is 17.8 Å². The summed E-state index contributed by atoms with van der Waals surface area (Å²) in [5.74, 6) is 0.631. The number of carboxylic acid groups (broad SMARTS) is 1. The van der Waals surface area contributed by atoms with E-state index in [-0.39, 0.29) is 11.3 Å². The van der Waals surface area contributed by atoms with Crippen molar-refractivity contribution >= 4 is 11.9 Å². The molecule has 0 spiro atoms. The van der Waals surface area contributed by atoms with Crippen molar-refractivity contribution < 1.29 is 19.8 Å². The van der Waals surface area contributed by atoms with Gasteiger partial charge in [-0.2, -0.15) is 0 Å². The lowest BCUT2D eigenvalue weighted by atomic mass is 9.49. The van der Waals surface area contributed by atoms with Crippen LogP contribution >= 0.6 is 0 Å². The van der Waals surface area contributed by atoms with Crippen molar-refractivity contribution in [3.63, 3.8) is 0 Å². The van der Waals surface area contributed by atoms with Crippen LogP contribution in [0.4, 0.5) is 0 Å². The molecule has 0 radical (unpaired) electrons. The summed E-state index contributed by atoms with van der Waals surface area (Å²) in [5.41, 5.74) is -0.350. The predicted octanol–water partition coefficient (Wildman–Crippen LogP) is 0.764. The zero-order valence-corrected chi connectivity index (χ0v) is 11.0. The number of hydrogen-bond donors (Lipinski definition) is 3. The summed E-state index contributed by atoms with van der Waals surface area (Å²) < 4.78 is 0. The molecule has 4 aliphatic carbocycles. The van der Waals surface area contributed by atoms with Gasteiger partial charge in [0, 0.05) is 5.41 Å². The number of hydrogen-bond acceptors (Lipinski definition) is 3. The SMILES string of the molecule is O=C(O)C(CO)NC(=O)C12CC3CC(CC(C3)C1)C2. The molecule has 0 aromatic rings. The molecule has 0 aromatic carbocycles. The third-order valence-electron chi connectivity index (χ3n) is 5.31. The molecule has 4 bridgehead atoms. The van der Waals surface area contributed by atoms with Gasteiger partial charge in [-0.15, -0.1) is 0 Å². The molecule has 4 rings (SSSR count). The first kappa shape index (κ1) is 12.9. The van der Waals surface area contributed by atoms with Crippen LogP contribution in [0.1, 0.15) is 38.5 Å². The number of aliphatic carboxylic acids is 1.